The Bertz CT molecular complexity index is 954. The van der Waals surface area contributed by atoms with Crippen LogP contribution in [0.5, 0.6) is 5.75 Å². The highest BCUT2D eigenvalue weighted by molar-refractivity contribution is 5.83. The Hall–Kier alpha value is -2.29. The molecule has 2 rings (SSSR count). The summed E-state index contributed by atoms with van der Waals surface area (Å²) < 4.78 is 11.0. The summed E-state index contributed by atoms with van der Waals surface area (Å²) >= 11 is 0. The zero-order valence-electron chi connectivity index (χ0n) is 20.7. The van der Waals surface area contributed by atoms with Gasteiger partial charge < -0.3 is 9.47 Å². The summed E-state index contributed by atoms with van der Waals surface area (Å²) in [5, 5.41) is 0. The molecule has 3 nitrogen and oxygen atoms in total. The van der Waals surface area contributed by atoms with Crippen molar-refractivity contribution in [2.24, 2.45) is 0 Å². The molecule has 164 valence electrons. The highest BCUT2D eigenvalue weighted by Gasteiger charge is 2.28. The molecule has 0 saturated heterocycles. The smallest absolute Gasteiger partial charge is 0.434 e. The molecule has 0 radical (unpaired) electrons. The zero-order valence-corrected chi connectivity index (χ0v) is 20.7. The lowest BCUT2D eigenvalue weighted by Crippen LogP contribution is -2.19. The Balaban J connectivity index is 2.96. The number of carbonyl (C=O) groups excluding carboxylic acids is 1. The molecule has 0 bridgehead atoms. The van der Waals surface area contributed by atoms with Crippen molar-refractivity contribution >= 4 is 6.16 Å². The number of hydrogen-bond donors (Lipinski definition) is 0. The monoisotopic (exact) mass is 410 g/mol. The molecule has 0 fully saturated rings. The van der Waals surface area contributed by atoms with Gasteiger partial charge >= 0.3 is 6.16 Å². The Labute approximate surface area is 182 Å². The SMILES string of the molecule is CCOC(=O)Oc1c(C(C)(C)C)cc(C)c(C)c1-c1cc(C(C)(C)C)cc(C)c1C. The van der Waals surface area contributed by atoms with E-state index in [9.17, 15) is 4.79 Å². The van der Waals surface area contributed by atoms with Crippen LogP contribution < -0.4 is 4.74 Å². The van der Waals surface area contributed by atoms with E-state index in [1.54, 1.807) is 6.92 Å². The van der Waals surface area contributed by atoms with Crippen LogP contribution >= 0.6 is 0 Å². The molecule has 0 N–H and O–H groups in total. The lowest BCUT2D eigenvalue weighted by molar-refractivity contribution is 0.104. The van der Waals surface area contributed by atoms with Crippen molar-refractivity contribution < 1.29 is 14.3 Å². The Morgan fingerprint density at radius 3 is 1.90 bits per heavy atom. The van der Waals surface area contributed by atoms with Crippen LogP contribution in [-0.4, -0.2) is 12.8 Å². The van der Waals surface area contributed by atoms with E-state index in [1.165, 1.54) is 22.3 Å². The fourth-order valence-electron chi connectivity index (χ4n) is 3.66. The molecular formula is C27H38O3. The van der Waals surface area contributed by atoms with Crippen LogP contribution in [0.1, 0.15) is 81.8 Å². The van der Waals surface area contributed by atoms with Gasteiger partial charge in [0.1, 0.15) is 5.75 Å². The molecule has 0 aliphatic heterocycles. The fourth-order valence-corrected chi connectivity index (χ4v) is 3.66. The van der Waals surface area contributed by atoms with Crippen LogP contribution in [-0.2, 0) is 15.6 Å². The van der Waals surface area contributed by atoms with Gasteiger partial charge in [0.2, 0.25) is 0 Å². The van der Waals surface area contributed by atoms with Gasteiger partial charge in [0.15, 0.2) is 0 Å². The molecule has 0 amide bonds. The number of rotatable bonds is 3. The van der Waals surface area contributed by atoms with Crippen LogP contribution in [0.3, 0.4) is 0 Å². The predicted molar refractivity (Wildman–Crippen MR) is 126 cm³/mol. The molecule has 2 aromatic rings. The predicted octanol–water partition coefficient (Wildman–Crippen LogP) is 7.72. The molecule has 0 spiro atoms. The van der Waals surface area contributed by atoms with Gasteiger partial charge in [0.25, 0.3) is 0 Å². The number of benzene rings is 2. The van der Waals surface area contributed by atoms with Crippen molar-refractivity contribution in [2.45, 2.75) is 87.0 Å². The van der Waals surface area contributed by atoms with Crippen molar-refractivity contribution in [3.8, 4) is 16.9 Å². The Kier molecular flexibility index (Phi) is 6.76. The van der Waals surface area contributed by atoms with Gasteiger partial charge in [-0.05, 0) is 78.8 Å². The highest BCUT2D eigenvalue weighted by Crippen LogP contribution is 2.45. The summed E-state index contributed by atoms with van der Waals surface area (Å²) in [6.45, 7) is 23.7. The summed E-state index contributed by atoms with van der Waals surface area (Å²) in [7, 11) is 0. The second-order valence-electron chi connectivity index (χ2n) is 10.3. The second-order valence-corrected chi connectivity index (χ2v) is 10.3. The van der Waals surface area contributed by atoms with E-state index in [4.69, 9.17) is 9.47 Å². The number of carbonyl (C=O) groups is 1. The molecule has 0 unspecified atom stereocenters. The fraction of sp³-hybridized carbons (Fsp3) is 0.519. The first kappa shape index (κ1) is 24.0. The molecule has 2 aromatic carbocycles. The van der Waals surface area contributed by atoms with Gasteiger partial charge in [-0.1, -0.05) is 59.7 Å². The van der Waals surface area contributed by atoms with Gasteiger partial charge in [-0.3, -0.25) is 0 Å². The van der Waals surface area contributed by atoms with Crippen LogP contribution in [0.4, 0.5) is 4.79 Å². The van der Waals surface area contributed by atoms with Crippen molar-refractivity contribution in [1.82, 2.24) is 0 Å². The minimum absolute atomic E-state index is 0.0138. The van der Waals surface area contributed by atoms with Crippen molar-refractivity contribution in [3.63, 3.8) is 0 Å². The summed E-state index contributed by atoms with van der Waals surface area (Å²) in [6.07, 6.45) is -0.658. The first-order valence-corrected chi connectivity index (χ1v) is 10.8. The minimum Gasteiger partial charge on any atom is -0.434 e. The van der Waals surface area contributed by atoms with Crippen LogP contribution in [0.15, 0.2) is 18.2 Å². The number of aryl methyl sites for hydroxylation is 2. The summed E-state index contributed by atoms with van der Waals surface area (Å²) in [6, 6.07) is 6.66. The maximum atomic E-state index is 12.4. The molecule has 0 atom stereocenters. The molecule has 0 aliphatic rings. The van der Waals surface area contributed by atoms with Crippen LogP contribution in [0.25, 0.3) is 11.1 Å². The molecule has 0 saturated carbocycles. The largest absolute Gasteiger partial charge is 0.513 e. The Morgan fingerprint density at radius 2 is 1.40 bits per heavy atom. The third kappa shape index (κ3) is 4.88. The highest BCUT2D eigenvalue weighted by atomic mass is 16.7. The first-order chi connectivity index (χ1) is 13.7. The van der Waals surface area contributed by atoms with Gasteiger partial charge in [0, 0.05) is 11.1 Å². The third-order valence-electron chi connectivity index (χ3n) is 5.86. The second kappa shape index (κ2) is 8.45. The Morgan fingerprint density at radius 1 is 0.833 bits per heavy atom. The third-order valence-corrected chi connectivity index (χ3v) is 5.86. The van der Waals surface area contributed by atoms with Gasteiger partial charge in [-0.15, -0.1) is 0 Å². The van der Waals surface area contributed by atoms with E-state index < -0.39 is 6.16 Å². The van der Waals surface area contributed by atoms with E-state index in [0.29, 0.717) is 5.75 Å². The molecule has 30 heavy (non-hydrogen) atoms. The van der Waals surface area contributed by atoms with Gasteiger partial charge in [-0.2, -0.15) is 0 Å². The standard InChI is InChI=1S/C27H38O3/c1-12-29-25(28)30-24-22(27(9,10)11)14-17(3)19(5)23(24)21-15-20(26(6,7)8)13-16(2)18(21)4/h13-15H,12H2,1-11H3. The lowest BCUT2D eigenvalue weighted by Gasteiger charge is -2.28. The van der Waals surface area contributed by atoms with E-state index in [0.717, 1.165) is 22.3 Å². The van der Waals surface area contributed by atoms with Crippen molar-refractivity contribution in [3.05, 3.63) is 51.6 Å². The molecule has 0 aliphatic carbocycles. The van der Waals surface area contributed by atoms with Gasteiger partial charge in [0.05, 0.1) is 6.61 Å². The normalized spacial score (nSPS) is 12.1. The summed E-state index contributed by atoms with van der Waals surface area (Å²) in [5.74, 6) is 0.609. The maximum absolute atomic E-state index is 12.4. The average Bonchev–Trinajstić information content (AvgIpc) is 2.59. The zero-order chi connectivity index (χ0) is 23.0. The molecule has 0 aromatic heterocycles. The lowest BCUT2D eigenvalue weighted by atomic mass is 9.78. The maximum Gasteiger partial charge on any atom is 0.513 e. The van der Waals surface area contributed by atoms with Crippen LogP contribution in [0, 0.1) is 27.7 Å². The molecule has 0 heterocycles. The van der Waals surface area contributed by atoms with E-state index >= 15 is 0 Å². The molecular weight excluding hydrogens is 372 g/mol. The van der Waals surface area contributed by atoms with Crippen molar-refractivity contribution in [1.29, 1.82) is 0 Å². The number of ether oxygens (including phenoxy) is 2. The van der Waals surface area contributed by atoms with Crippen LogP contribution in [0.2, 0.25) is 0 Å². The summed E-state index contributed by atoms with van der Waals surface area (Å²) in [4.78, 5) is 12.4. The average molecular weight is 411 g/mol. The topological polar surface area (TPSA) is 35.5 Å². The quantitative estimate of drug-likeness (QED) is 0.384. The molecule has 3 heteroatoms. The summed E-state index contributed by atoms with van der Waals surface area (Å²) in [5.41, 5.74) is 8.93. The minimum atomic E-state index is -0.658. The van der Waals surface area contributed by atoms with E-state index in [1.807, 2.05) is 0 Å². The first-order valence-electron chi connectivity index (χ1n) is 10.8. The van der Waals surface area contributed by atoms with E-state index in [2.05, 4.69) is 87.4 Å². The van der Waals surface area contributed by atoms with Crippen molar-refractivity contribution in [2.75, 3.05) is 6.61 Å². The number of hydrogen-bond acceptors (Lipinski definition) is 3. The van der Waals surface area contributed by atoms with Gasteiger partial charge in [-0.25, -0.2) is 4.79 Å². The van der Waals surface area contributed by atoms with E-state index in [-0.39, 0.29) is 17.4 Å².